The molecule has 0 heterocycles. The Bertz CT molecular complexity index is 365. The highest BCUT2D eigenvalue weighted by Crippen LogP contribution is 2.31. The molecule has 1 aromatic rings. The smallest absolute Gasteiger partial charge is 0.123 e. The monoisotopic (exact) mass is 175 g/mol. The number of rotatable bonds is 0. The van der Waals surface area contributed by atoms with Crippen molar-refractivity contribution in [3.8, 4) is 6.07 Å². The van der Waals surface area contributed by atoms with Crippen molar-refractivity contribution in [3.63, 3.8) is 0 Å². The van der Waals surface area contributed by atoms with Gasteiger partial charge in [0.1, 0.15) is 5.82 Å². The molecule has 0 radical (unpaired) electrons. The van der Waals surface area contributed by atoms with Crippen LogP contribution in [0.4, 0.5) is 4.39 Å². The van der Waals surface area contributed by atoms with Crippen LogP contribution in [-0.4, -0.2) is 0 Å². The fourth-order valence-corrected chi connectivity index (χ4v) is 1.90. The summed E-state index contributed by atoms with van der Waals surface area (Å²) in [4.78, 5) is 0. The Morgan fingerprint density at radius 1 is 1.46 bits per heavy atom. The third kappa shape index (κ3) is 1.42. The average molecular weight is 175 g/mol. The number of nitrogens with zero attached hydrogens (tertiary/aromatic N) is 1. The zero-order valence-electron chi connectivity index (χ0n) is 7.26. The summed E-state index contributed by atoms with van der Waals surface area (Å²) in [6, 6.07) is 6.99. The van der Waals surface area contributed by atoms with E-state index in [0.29, 0.717) is 0 Å². The standard InChI is InChI=1S/C11H10FN/c12-10-5-4-8-2-1-3-9(7-13)11(8)6-10/h4-6,9H,1-3H2. The van der Waals surface area contributed by atoms with Gasteiger partial charge in [0.25, 0.3) is 0 Å². The van der Waals surface area contributed by atoms with E-state index in [4.69, 9.17) is 5.26 Å². The van der Waals surface area contributed by atoms with Gasteiger partial charge in [0, 0.05) is 0 Å². The van der Waals surface area contributed by atoms with Crippen molar-refractivity contribution in [1.82, 2.24) is 0 Å². The van der Waals surface area contributed by atoms with Crippen LogP contribution in [0.25, 0.3) is 0 Å². The highest BCUT2D eigenvalue weighted by molar-refractivity contribution is 5.36. The van der Waals surface area contributed by atoms with Crippen LogP contribution in [0.3, 0.4) is 0 Å². The third-order valence-corrected chi connectivity index (χ3v) is 2.58. The SMILES string of the molecule is N#CC1CCCc2ccc(F)cc21. The predicted molar refractivity (Wildman–Crippen MR) is 47.7 cm³/mol. The zero-order chi connectivity index (χ0) is 9.26. The van der Waals surface area contributed by atoms with E-state index in [1.165, 1.54) is 12.1 Å². The first-order valence-electron chi connectivity index (χ1n) is 4.49. The van der Waals surface area contributed by atoms with Gasteiger partial charge in [-0.1, -0.05) is 6.07 Å². The Kier molecular flexibility index (Phi) is 2.02. The van der Waals surface area contributed by atoms with E-state index in [1.54, 1.807) is 6.07 Å². The molecule has 1 aromatic carbocycles. The summed E-state index contributed by atoms with van der Waals surface area (Å²) < 4.78 is 12.9. The fraction of sp³-hybridized carbons (Fsp3) is 0.364. The Morgan fingerprint density at radius 3 is 3.08 bits per heavy atom. The molecule has 0 amide bonds. The van der Waals surface area contributed by atoms with E-state index in [9.17, 15) is 4.39 Å². The lowest BCUT2D eigenvalue weighted by Crippen LogP contribution is -2.08. The Balaban J connectivity index is 2.49. The van der Waals surface area contributed by atoms with Crippen molar-refractivity contribution in [2.24, 2.45) is 0 Å². The lowest BCUT2D eigenvalue weighted by molar-refractivity contribution is 0.600. The Hall–Kier alpha value is -1.36. The lowest BCUT2D eigenvalue weighted by atomic mass is 9.84. The zero-order valence-corrected chi connectivity index (χ0v) is 7.26. The van der Waals surface area contributed by atoms with Crippen LogP contribution >= 0.6 is 0 Å². The second-order valence-electron chi connectivity index (χ2n) is 3.42. The van der Waals surface area contributed by atoms with Gasteiger partial charge in [-0.2, -0.15) is 5.26 Å². The van der Waals surface area contributed by atoms with Gasteiger partial charge in [0.2, 0.25) is 0 Å². The van der Waals surface area contributed by atoms with Crippen LogP contribution in [0, 0.1) is 17.1 Å². The Morgan fingerprint density at radius 2 is 2.31 bits per heavy atom. The third-order valence-electron chi connectivity index (χ3n) is 2.58. The second kappa shape index (κ2) is 3.18. The van der Waals surface area contributed by atoms with Crippen LogP contribution < -0.4 is 0 Å². The van der Waals surface area contributed by atoms with Crippen LogP contribution in [0.5, 0.6) is 0 Å². The number of halogens is 1. The summed E-state index contributed by atoms with van der Waals surface area (Å²) >= 11 is 0. The molecule has 0 bridgehead atoms. The van der Waals surface area contributed by atoms with Gasteiger partial charge in [0.05, 0.1) is 12.0 Å². The first-order chi connectivity index (χ1) is 6.31. The summed E-state index contributed by atoms with van der Waals surface area (Å²) in [5, 5.41) is 8.86. The first-order valence-corrected chi connectivity index (χ1v) is 4.49. The van der Waals surface area contributed by atoms with E-state index in [-0.39, 0.29) is 11.7 Å². The van der Waals surface area contributed by atoms with Crippen molar-refractivity contribution in [2.75, 3.05) is 0 Å². The molecule has 0 N–H and O–H groups in total. The number of aryl methyl sites for hydroxylation is 1. The molecule has 66 valence electrons. The molecule has 2 heteroatoms. The topological polar surface area (TPSA) is 23.8 Å². The number of hydrogen-bond donors (Lipinski definition) is 0. The molecule has 2 rings (SSSR count). The maximum Gasteiger partial charge on any atom is 0.123 e. The van der Waals surface area contributed by atoms with Crippen molar-refractivity contribution in [3.05, 3.63) is 35.1 Å². The molecule has 1 unspecified atom stereocenters. The molecular weight excluding hydrogens is 165 g/mol. The quantitative estimate of drug-likeness (QED) is 0.594. The summed E-state index contributed by atoms with van der Waals surface area (Å²) in [6.45, 7) is 0. The van der Waals surface area contributed by atoms with Crippen LogP contribution in [0.15, 0.2) is 18.2 Å². The molecule has 1 aliphatic rings. The molecule has 0 aromatic heterocycles. The van der Waals surface area contributed by atoms with Gasteiger partial charge in [-0.3, -0.25) is 0 Å². The molecule has 0 aliphatic heterocycles. The van der Waals surface area contributed by atoms with Gasteiger partial charge in [-0.05, 0) is 42.5 Å². The van der Waals surface area contributed by atoms with Gasteiger partial charge in [0.15, 0.2) is 0 Å². The van der Waals surface area contributed by atoms with Crippen molar-refractivity contribution in [2.45, 2.75) is 25.2 Å². The highest BCUT2D eigenvalue weighted by Gasteiger charge is 2.19. The molecule has 0 fully saturated rings. The molecule has 1 nitrogen and oxygen atoms in total. The maximum absolute atomic E-state index is 12.9. The van der Waals surface area contributed by atoms with E-state index in [2.05, 4.69) is 6.07 Å². The summed E-state index contributed by atoms with van der Waals surface area (Å²) in [6.07, 6.45) is 2.89. The number of fused-ring (bicyclic) bond motifs is 1. The van der Waals surface area contributed by atoms with E-state index >= 15 is 0 Å². The van der Waals surface area contributed by atoms with Gasteiger partial charge >= 0.3 is 0 Å². The van der Waals surface area contributed by atoms with Crippen LogP contribution in [-0.2, 0) is 6.42 Å². The number of nitriles is 1. The first kappa shape index (κ1) is 8.25. The molecule has 13 heavy (non-hydrogen) atoms. The number of benzene rings is 1. The molecule has 0 saturated carbocycles. The molecule has 1 aliphatic carbocycles. The molecule has 0 spiro atoms. The van der Waals surface area contributed by atoms with E-state index < -0.39 is 0 Å². The lowest BCUT2D eigenvalue weighted by Gasteiger charge is -2.19. The normalized spacial score (nSPS) is 20.5. The molecular formula is C11H10FN. The molecule has 0 saturated heterocycles. The van der Waals surface area contributed by atoms with Crippen LogP contribution in [0.1, 0.15) is 29.9 Å². The second-order valence-corrected chi connectivity index (χ2v) is 3.42. The average Bonchev–Trinajstić information content (AvgIpc) is 2.17. The number of hydrogen-bond acceptors (Lipinski definition) is 1. The van der Waals surface area contributed by atoms with Gasteiger partial charge in [-0.15, -0.1) is 0 Å². The fourth-order valence-electron chi connectivity index (χ4n) is 1.90. The predicted octanol–water partition coefficient (Wildman–Crippen LogP) is 2.77. The van der Waals surface area contributed by atoms with Crippen molar-refractivity contribution < 1.29 is 4.39 Å². The summed E-state index contributed by atoms with van der Waals surface area (Å²) in [5.74, 6) is -0.333. The largest absolute Gasteiger partial charge is 0.207 e. The summed E-state index contributed by atoms with van der Waals surface area (Å²) in [7, 11) is 0. The molecule has 1 atom stereocenters. The maximum atomic E-state index is 12.9. The highest BCUT2D eigenvalue weighted by atomic mass is 19.1. The van der Waals surface area contributed by atoms with Crippen LogP contribution in [0.2, 0.25) is 0 Å². The van der Waals surface area contributed by atoms with E-state index in [0.717, 1.165) is 30.4 Å². The van der Waals surface area contributed by atoms with Crippen molar-refractivity contribution in [1.29, 1.82) is 5.26 Å². The minimum absolute atomic E-state index is 0.0977. The summed E-state index contributed by atoms with van der Waals surface area (Å²) in [5.41, 5.74) is 2.04. The van der Waals surface area contributed by atoms with Crippen molar-refractivity contribution >= 4 is 0 Å². The van der Waals surface area contributed by atoms with Gasteiger partial charge < -0.3 is 0 Å². The minimum atomic E-state index is -0.235. The minimum Gasteiger partial charge on any atom is -0.207 e. The van der Waals surface area contributed by atoms with E-state index in [1.807, 2.05) is 0 Å². The van der Waals surface area contributed by atoms with Gasteiger partial charge in [-0.25, -0.2) is 4.39 Å². The Labute approximate surface area is 76.8 Å².